The summed E-state index contributed by atoms with van der Waals surface area (Å²) in [5, 5.41) is 0. The Bertz CT molecular complexity index is 2040. The Hall–Kier alpha value is -5.07. The van der Waals surface area contributed by atoms with E-state index < -0.39 is 58.7 Å². The molecule has 2 heterocycles. The molecule has 13 heteroatoms. The molecule has 0 saturated carbocycles. The van der Waals surface area contributed by atoms with E-state index in [1.165, 1.54) is 158 Å². The first-order valence-corrected chi connectivity index (χ1v) is 26.3. The topological polar surface area (TPSA) is 107 Å². The standard InChI is InChI=1S/C57H77F5N2O6/c1-3-5-7-9-11-13-15-17-19-21-23-25-27-31-48(65)68-40-45(41-69-49(66)32-28-26-24-22-20-18-16-14-12-10-8-6-4-2)70-57(67)43-35-33-42(34-36-43)44-38-47(64-39-44)50(46-30-29-37-63-46)51-52(58)54(60)56(62)55(61)53(51)59/h29-30,33-39,45,64H,3-28,31-32,40-41H2,1-2H3/b50-46+. The predicted octanol–water partition coefficient (Wildman–Crippen LogP) is 16.4. The van der Waals surface area contributed by atoms with Gasteiger partial charge < -0.3 is 19.2 Å². The van der Waals surface area contributed by atoms with Gasteiger partial charge in [-0.2, -0.15) is 0 Å². The van der Waals surface area contributed by atoms with E-state index in [1.54, 1.807) is 12.1 Å². The summed E-state index contributed by atoms with van der Waals surface area (Å²) in [7, 11) is 0. The van der Waals surface area contributed by atoms with Crippen LogP contribution in [0.5, 0.6) is 0 Å². The van der Waals surface area contributed by atoms with Crippen molar-refractivity contribution < 1.29 is 50.5 Å². The molecule has 0 bridgehead atoms. The molecule has 1 aliphatic rings. The highest BCUT2D eigenvalue weighted by Crippen LogP contribution is 2.37. The Morgan fingerprint density at radius 2 is 0.957 bits per heavy atom. The third kappa shape index (κ3) is 20.3. The zero-order valence-corrected chi connectivity index (χ0v) is 41.8. The van der Waals surface area contributed by atoms with Gasteiger partial charge in [0, 0.05) is 36.5 Å². The van der Waals surface area contributed by atoms with Crippen molar-refractivity contribution >= 4 is 29.7 Å². The number of nitrogens with zero attached hydrogens (tertiary/aromatic N) is 1. The van der Waals surface area contributed by atoms with Crippen molar-refractivity contribution in [1.29, 1.82) is 0 Å². The Balaban J connectivity index is 1.29. The molecule has 0 spiro atoms. The van der Waals surface area contributed by atoms with Crippen LogP contribution in [0.1, 0.15) is 215 Å². The predicted molar refractivity (Wildman–Crippen MR) is 268 cm³/mol. The van der Waals surface area contributed by atoms with E-state index in [-0.39, 0.29) is 48.6 Å². The number of benzene rings is 2. The fourth-order valence-electron chi connectivity index (χ4n) is 8.60. The molecular formula is C57H77F5N2O6. The van der Waals surface area contributed by atoms with Crippen molar-refractivity contribution in [3.63, 3.8) is 0 Å². The minimum atomic E-state index is -2.27. The molecule has 70 heavy (non-hydrogen) atoms. The molecule has 0 atom stereocenters. The van der Waals surface area contributed by atoms with Crippen LogP contribution in [0.3, 0.4) is 0 Å². The Morgan fingerprint density at radius 1 is 0.543 bits per heavy atom. The fourth-order valence-corrected chi connectivity index (χ4v) is 8.60. The summed E-state index contributed by atoms with van der Waals surface area (Å²) in [5.74, 6) is -12.0. The third-order valence-electron chi connectivity index (χ3n) is 12.8. The van der Waals surface area contributed by atoms with Crippen LogP contribution in [0.15, 0.2) is 59.4 Å². The van der Waals surface area contributed by atoms with Gasteiger partial charge in [0.2, 0.25) is 5.82 Å². The smallest absolute Gasteiger partial charge is 0.338 e. The SMILES string of the molecule is CCCCCCCCCCCCCCCC(=O)OCC(COC(=O)CCCCCCCCCCCCCCC)OC(=O)c1ccc(-c2c[nH]c(/C(=C3/C=CC=N3)c3c(F)c(F)c(F)c(F)c3F)c2)cc1. The van der Waals surface area contributed by atoms with Crippen LogP contribution in [-0.4, -0.2) is 48.4 Å². The minimum Gasteiger partial charge on any atom is -0.462 e. The van der Waals surface area contributed by atoms with Gasteiger partial charge in [0.15, 0.2) is 29.4 Å². The number of ether oxygens (including phenoxy) is 3. The van der Waals surface area contributed by atoms with Gasteiger partial charge in [0.1, 0.15) is 13.2 Å². The molecule has 0 unspecified atom stereocenters. The quantitative estimate of drug-likeness (QED) is 0.0154. The first kappa shape index (κ1) is 57.5. The zero-order valence-electron chi connectivity index (χ0n) is 41.8. The molecule has 0 amide bonds. The summed E-state index contributed by atoms with van der Waals surface area (Å²) in [5.41, 5.74) is -0.346. The number of esters is 3. The molecule has 1 aromatic heterocycles. The van der Waals surface area contributed by atoms with Gasteiger partial charge in [0.25, 0.3) is 0 Å². The average Bonchev–Trinajstić information content (AvgIpc) is 4.09. The second-order valence-electron chi connectivity index (χ2n) is 18.6. The molecule has 1 N–H and O–H groups in total. The number of H-pyrrole nitrogens is 1. The molecule has 0 fully saturated rings. The van der Waals surface area contributed by atoms with Crippen LogP contribution < -0.4 is 0 Å². The van der Waals surface area contributed by atoms with Crippen molar-refractivity contribution in [1.82, 2.24) is 4.98 Å². The summed E-state index contributed by atoms with van der Waals surface area (Å²) < 4.78 is 89.5. The molecule has 386 valence electrons. The normalized spacial score (nSPS) is 12.9. The lowest BCUT2D eigenvalue weighted by molar-refractivity contribution is -0.152. The number of allylic oxidation sites excluding steroid dienone is 2. The van der Waals surface area contributed by atoms with Crippen molar-refractivity contribution in [2.45, 2.75) is 200 Å². The number of aliphatic imine (C=N–C) groups is 1. The van der Waals surface area contributed by atoms with E-state index in [9.17, 15) is 27.6 Å². The van der Waals surface area contributed by atoms with Gasteiger partial charge in [-0.15, -0.1) is 0 Å². The van der Waals surface area contributed by atoms with Crippen LogP contribution in [0.4, 0.5) is 22.0 Å². The molecule has 0 radical (unpaired) electrons. The number of carbonyl (C=O) groups is 3. The molecule has 0 saturated heterocycles. The van der Waals surface area contributed by atoms with Crippen LogP contribution in [-0.2, 0) is 23.8 Å². The highest BCUT2D eigenvalue weighted by atomic mass is 19.2. The van der Waals surface area contributed by atoms with Gasteiger partial charge in [0.05, 0.1) is 16.8 Å². The summed E-state index contributed by atoms with van der Waals surface area (Å²) in [6, 6.07) is 7.60. The van der Waals surface area contributed by atoms with E-state index in [0.29, 0.717) is 24.0 Å². The molecule has 1 aliphatic heterocycles. The third-order valence-corrected chi connectivity index (χ3v) is 12.8. The summed E-state index contributed by atoms with van der Waals surface area (Å²) in [4.78, 5) is 45.9. The lowest BCUT2D eigenvalue weighted by Gasteiger charge is -2.18. The Morgan fingerprint density at radius 3 is 1.37 bits per heavy atom. The number of carbonyl (C=O) groups excluding carboxylic acids is 3. The van der Waals surface area contributed by atoms with E-state index in [4.69, 9.17) is 14.2 Å². The zero-order chi connectivity index (χ0) is 50.4. The number of unbranched alkanes of at least 4 members (excludes halogenated alkanes) is 24. The highest BCUT2D eigenvalue weighted by molar-refractivity contribution is 5.91. The first-order chi connectivity index (χ1) is 34.0. The van der Waals surface area contributed by atoms with Gasteiger partial charge in [-0.1, -0.05) is 180 Å². The average molecular weight is 981 g/mol. The van der Waals surface area contributed by atoms with Crippen molar-refractivity contribution in [3.05, 3.63) is 100 Å². The van der Waals surface area contributed by atoms with Crippen molar-refractivity contribution in [3.8, 4) is 11.1 Å². The summed E-state index contributed by atoms with van der Waals surface area (Å²) in [6.07, 6.45) is 35.8. The minimum absolute atomic E-state index is 0.0236. The lowest BCUT2D eigenvalue weighted by atomic mass is 9.97. The van der Waals surface area contributed by atoms with E-state index >= 15 is 8.78 Å². The molecule has 4 rings (SSSR count). The maximum absolute atomic E-state index is 15.1. The maximum atomic E-state index is 15.1. The van der Waals surface area contributed by atoms with Gasteiger partial charge in [-0.25, -0.2) is 26.7 Å². The second-order valence-corrected chi connectivity index (χ2v) is 18.6. The van der Waals surface area contributed by atoms with Crippen LogP contribution in [0.2, 0.25) is 0 Å². The summed E-state index contributed by atoms with van der Waals surface area (Å²) >= 11 is 0. The maximum Gasteiger partial charge on any atom is 0.338 e. The molecule has 8 nitrogen and oxygen atoms in total. The Kier molecular flexibility index (Phi) is 27.5. The number of nitrogens with one attached hydrogen (secondary N) is 1. The van der Waals surface area contributed by atoms with Crippen LogP contribution >= 0.6 is 0 Å². The largest absolute Gasteiger partial charge is 0.462 e. The monoisotopic (exact) mass is 981 g/mol. The molecule has 0 aliphatic carbocycles. The van der Waals surface area contributed by atoms with Crippen molar-refractivity contribution in [2.75, 3.05) is 13.2 Å². The summed E-state index contributed by atoms with van der Waals surface area (Å²) in [6.45, 7) is 3.88. The van der Waals surface area contributed by atoms with Crippen LogP contribution in [0.25, 0.3) is 16.7 Å². The molecular weight excluding hydrogens is 904 g/mol. The molecule has 2 aromatic carbocycles. The van der Waals surface area contributed by atoms with E-state index in [0.717, 1.165) is 38.5 Å². The number of rotatable bonds is 37. The number of hydrogen-bond acceptors (Lipinski definition) is 7. The van der Waals surface area contributed by atoms with E-state index in [1.807, 2.05) is 0 Å². The number of hydrogen-bond donors (Lipinski definition) is 1. The fraction of sp³-hybridized carbons (Fsp3) is 0.579. The van der Waals surface area contributed by atoms with Gasteiger partial charge in [-0.05, 0) is 54.3 Å². The lowest BCUT2D eigenvalue weighted by Crippen LogP contribution is -2.31. The second kappa shape index (κ2) is 33.5. The first-order valence-electron chi connectivity index (χ1n) is 26.3. The van der Waals surface area contributed by atoms with Gasteiger partial charge in [-0.3, -0.25) is 14.6 Å². The Labute approximate surface area is 413 Å². The molecule has 3 aromatic rings. The highest BCUT2D eigenvalue weighted by Gasteiger charge is 2.31. The van der Waals surface area contributed by atoms with Crippen LogP contribution in [0, 0.1) is 29.1 Å². The number of halogens is 5. The number of aromatic nitrogens is 1. The number of aromatic amines is 1. The van der Waals surface area contributed by atoms with E-state index in [2.05, 4.69) is 23.8 Å². The van der Waals surface area contributed by atoms with Crippen molar-refractivity contribution in [2.24, 2.45) is 4.99 Å². The van der Waals surface area contributed by atoms with Gasteiger partial charge >= 0.3 is 17.9 Å².